The number of rotatable bonds is 4. The first-order valence-corrected chi connectivity index (χ1v) is 7.86. The zero-order chi connectivity index (χ0) is 17.8. The quantitative estimate of drug-likeness (QED) is 0.548. The van der Waals surface area contributed by atoms with Crippen LogP contribution in [0.15, 0.2) is 65.4 Å². The summed E-state index contributed by atoms with van der Waals surface area (Å²) in [5.74, 6) is 0.971. The van der Waals surface area contributed by atoms with Gasteiger partial charge in [-0.05, 0) is 61.5 Å². The zero-order valence-electron chi connectivity index (χ0n) is 13.8. The summed E-state index contributed by atoms with van der Waals surface area (Å²) in [5.41, 5.74) is 14.1. The third-order valence-corrected chi connectivity index (χ3v) is 3.61. The third-order valence-electron chi connectivity index (χ3n) is 3.61. The molecule has 1 amide bonds. The molecule has 128 valence electrons. The molecular weight excluding hydrogens is 316 g/mol. The molecule has 7 nitrogen and oxygen atoms in total. The van der Waals surface area contributed by atoms with E-state index in [1.165, 1.54) is 0 Å². The predicted octanol–water partition coefficient (Wildman–Crippen LogP) is 2.08. The molecule has 7 heteroatoms. The maximum atomic E-state index is 12.2. The van der Waals surface area contributed by atoms with Crippen molar-refractivity contribution in [2.24, 2.45) is 10.7 Å². The largest absolute Gasteiger partial charge is 0.399 e. The van der Waals surface area contributed by atoms with Gasteiger partial charge in [-0.2, -0.15) is 0 Å². The lowest BCUT2D eigenvalue weighted by atomic mass is 10.2. The summed E-state index contributed by atoms with van der Waals surface area (Å²) >= 11 is 0. The average molecular weight is 336 g/mol. The van der Waals surface area contributed by atoms with Crippen molar-refractivity contribution in [3.63, 3.8) is 0 Å². The van der Waals surface area contributed by atoms with Crippen molar-refractivity contribution in [3.8, 4) is 0 Å². The Hall–Kier alpha value is -3.48. The van der Waals surface area contributed by atoms with Crippen molar-refractivity contribution in [2.75, 3.05) is 16.4 Å². The molecule has 1 heterocycles. The van der Waals surface area contributed by atoms with Crippen LogP contribution in [0, 0.1) is 0 Å². The molecular formula is C18H20N6O. The third kappa shape index (κ3) is 4.29. The van der Waals surface area contributed by atoms with Crippen LogP contribution in [0.4, 0.5) is 17.1 Å². The van der Waals surface area contributed by atoms with Gasteiger partial charge in [0.05, 0.1) is 6.04 Å². The lowest BCUT2D eigenvalue weighted by Gasteiger charge is -2.19. The molecule has 7 N–H and O–H groups in total. The molecule has 2 aromatic carbocycles. The van der Waals surface area contributed by atoms with Crippen LogP contribution < -0.4 is 27.4 Å². The molecule has 2 aromatic rings. The fourth-order valence-electron chi connectivity index (χ4n) is 2.41. The number of carbonyl (C=O) groups excluding carboxylic acids is 1. The molecule has 0 radical (unpaired) electrons. The Kier molecular flexibility index (Phi) is 4.56. The number of amides is 1. The van der Waals surface area contributed by atoms with E-state index in [-0.39, 0.29) is 11.9 Å². The number of hydrogen-bond donors (Lipinski definition) is 5. The molecule has 25 heavy (non-hydrogen) atoms. The number of nitrogens with one attached hydrogen (secondary N) is 3. The summed E-state index contributed by atoms with van der Waals surface area (Å²) in [7, 11) is 0. The van der Waals surface area contributed by atoms with E-state index in [1.54, 1.807) is 24.3 Å². The van der Waals surface area contributed by atoms with E-state index in [0.717, 1.165) is 11.5 Å². The average Bonchev–Trinajstić information content (AvgIpc) is 2.56. The normalized spacial score (nSPS) is 16.3. The molecule has 0 spiro atoms. The molecule has 0 aromatic heterocycles. The van der Waals surface area contributed by atoms with Gasteiger partial charge in [-0.25, -0.2) is 4.99 Å². The second-order valence-corrected chi connectivity index (χ2v) is 5.74. The van der Waals surface area contributed by atoms with Crippen LogP contribution in [0.25, 0.3) is 0 Å². The summed E-state index contributed by atoms with van der Waals surface area (Å²) < 4.78 is 0. The lowest BCUT2D eigenvalue weighted by Crippen LogP contribution is -2.37. The van der Waals surface area contributed by atoms with Crippen LogP contribution in [0.5, 0.6) is 0 Å². The van der Waals surface area contributed by atoms with Crippen LogP contribution in [0.2, 0.25) is 0 Å². The molecule has 1 atom stereocenters. The van der Waals surface area contributed by atoms with E-state index in [1.807, 2.05) is 37.3 Å². The van der Waals surface area contributed by atoms with Gasteiger partial charge >= 0.3 is 0 Å². The molecule has 3 rings (SSSR count). The highest BCUT2D eigenvalue weighted by molar-refractivity contribution is 6.04. The summed E-state index contributed by atoms with van der Waals surface area (Å²) in [6.07, 6.45) is 1.94. The van der Waals surface area contributed by atoms with E-state index in [2.05, 4.69) is 20.9 Å². The number of anilines is 3. The molecule has 1 aliphatic rings. The lowest BCUT2D eigenvalue weighted by molar-refractivity contribution is 0.102. The fourth-order valence-corrected chi connectivity index (χ4v) is 2.41. The Morgan fingerprint density at radius 2 is 1.68 bits per heavy atom. The van der Waals surface area contributed by atoms with Gasteiger partial charge in [0.2, 0.25) is 0 Å². The number of aliphatic imine (C=N–C) groups is 1. The molecule has 0 fully saturated rings. The number of hydrogen-bond acceptors (Lipinski definition) is 6. The first-order valence-electron chi connectivity index (χ1n) is 7.86. The second kappa shape index (κ2) is 6.96. The van der Waals surface area contributed by atoms with E-state index in [0.29, 0.717) is 22.9 Å². The first-order chi connectivity index (χ1) is 12.0. The van der Waals surface area contributed by atoms with Crippen molar-refractivity contribution in [2.45, 2.75) is 13.0 Å². The zero-order valence-corrected chi connectivity index (χ0v) is 13.8. The van der Waals surface area contributed by atoms with Crippen LogP contribution in [0.1, 0.15) is 17.3 Å². The van der Waals surface area contributed by atoms with Crippen molar-refractivity contribution >= 4 is 28.9 Å². The number of nitrogens with two attached hydrogens (primary N) is 2. The van der Waals surface area contributed by atoms with Crippen molar-refractivity contribution in [3.05, 3.63) is 66.0 Å². The maximum Gasteiger partial charge on any atom is 0.255 e. The Balaban J connectivity index is 1.62. The minimum Gasteiger partial charge on any atom is -0.399 e. The Morgan fingerprint density at radius 3 is 2.32 bits per heavy atom. The number of carbonyl (C=O) groups is 1. The summed E-state index contributed by atoms with van der Waals surface area (Å²) in [4.78, 5) is 16.4. The molecule has 1 aliphatic heterocycles. The summed E-state index contributed by atoms with van der Waals surface area (Å²) in [5, 5.41) is 9.03. The van der Waals surface area contributed by atoms with E-state index < -0.39 is 0 Å². The molecule has 0 saturated carbocycles. The smallest absolute Gasteiger partial charge is 0.255 e. The Bertz CT molecular complexity index is 824. The number of nitrogens with zero attached hydrogens (tertiary/aromatic N) is 1. The van der Waals surface area contributed by atoms with Crippen LogP contribution in [-0.2, 0) is 0 Å². The van der Waals surface area contributed by atoms with Gasteiger partial charge in [0, 0.05) is 22.6 Å². The minimum atomic E-state index is -0.185. The first kappa shape index (κ1) is 16.4. The van der Waals surface area contributed by atoms with Crippen LogP contribution in [-0.4, -0.2) is 17.9 Å². The van der Waals surface area contributed by atoms with Crippen LogP contribution >= 0.6 is 0 Å². The van der Waals surface area contributed by atoms with Gasteiger partial charge in [0.25, 0.3) is 5.91 Å². The fraction of sp³-hybridized carbons (Fsp3) is 0.111. The number of benzene rings is 2. The molecule has 0 aliphatic carbocycles. The number of guanidine groups is 1. The molecule has 1 unspecified atom stereocenters. The van der Waals surface area contributed by atoms with E-state index >= 15 is 0 Å². The summed E-state index contributed by atoms with van der Waals surface area (Å²) in [6.45, 7) is 1.95. The van der Waals surface area contributed by atoms with Crippen molar-refractivity contribution in [1.29, 1.82) is 0 Å². The van der Waals surface area contributed by atoms with Gasteiger partial charge < -0.3 is 27.4 Å². The van der Waals surface area contributed by atoms with Gasteiger partial charge in [0.1, 0.15) is 5.82 Å². The SMILES string of the molecule is CC1C=C(Nc2ccc(NC(=O)c3ccc(N)cc3)cc2)NC(N)=N1. The van der Waals surface area contributed by atoms with Crippen molar-refractivity contribution in [1.82, 2.24) is 5.32 Å². The maximum absolute atomic E-state index is 12.2. The molecule has 0 saturated heterocycles. The van der Waals surface area contributed by atoms with Gasteiger partial charge in [-0.15, -0.1) is 0 Å². The Labute approximate surface area is 145 Å². The predicted molar refractivity (Wildman–Crippen MR) is 101 cm³/mol. The highest BCUT2D eigenvalue weighted by Crippen LogP contribution is 2.17. The van der Waals surface area contributed by atoms with Gasteiger partial charge in [-0.1, -0.05) is 0 Å². The van der Waals surface area contributed by atoms with Crippen molar-refractivity contribution < 1.29 is 4.79 Å². The van der Waals surface area contributed by atoms with E-state index in [4.69, 9.17) is 11.5 Å². The van der Waals surface area contributed by atoms with Gasteiger partial charge in [0.15, 0.2) is 5.96 Å². The molecule has 0 bridgehead atoms. The standard InChI is InChI=1S/C18H20N6O/c1-11-10-16(24-18(20)21-11)22-14-6-8-15(9-7-14)23-17(25)12-2-4-13(19)5-3-12/h2-11,22H,19H2,1H3,(H,23,25)(H3,20,21,24). The topological polar surface area (TPSA) is 118 Å². The van der Waals surface area contributed by atoms with E-state index in [9.17, 15) is 4.79 Å². The van der Waals surface area contributed by atoms with Crippen LogP contribution in [0.3, 0.4) is 0 Å². The number of nitrogen functional groups attached to an aromatic ring is 1. The minimum absolute atomic E-state index is 0.0159. The highest BCUT2D eigenvalue weighted by atomic mass is 16.1. The second-order valence-electron chi connectivity index (χ2n) is 5.74. The Morgan fingerprint density at radius 1 is 1.04 bits per heavy atom. The summed E-state index contributed by atoms with van der Waals surface area (Å²) in [6, 6.07) is 14.2. The monoisotopic (exact) mass is 336 g/mol. The highest BCUT2D eigenvalue weighted by Gasteiger charge is 2.10. The van der Waals surface area contributed by atoms with Gasteiger partial charge in [-0.3, -0.25) is 4.79 Å².